The number of halogens is 1. The summed E-state index contributed by atoms with van der Waals surface area (Å²) in [6, 6.07) is 3.60. The van der Waals surface area contributed by atoms with Gasteiger partial charge in [-0.25, -0.2) is 0 Å². The fraction of sp³-hybridized carbons (Fsp3) is 0.533. The molecule has 0 aromatic heterocycles. The average Bonchev–Trinajstić information content (AvgIpc) is 2.95. The van der Waals surface area contributed by atoms with E-state index in [1.165, 1.54) is 7.11 Å². The second-order valence-corrected chi connectivity index (χ2v) is 5.39. The summed E-state index contributed by atoms with van der Waals surface area (Å²) in [6.45, 7) is 1.97. The molecule has 1 aromatic rings. The van der Waals surface area contributed by atoms with Crippen LogP contribution in [-0.2, 0) is 0 Å². The van der Waals surface area contributed by atoms with Crippen LogP contribution in [0, 0.1) is 11.8 Å². The number of benzene rings is 1. The maximum absolute atomic E-state index is 12.5. The molecule has 122 valence electrons. The lowest BCUT2D eigenvalue weighted by atomic mass is 10.1. The van der Waals surface area contributed by atoms with Crippen LogP contribution in [-0.4, -0.2) is 46.4 Å². The van der Waals surface area contributed by atoms with Crippen LogP contribution in [0.3, 0.4) is 0 Å². The third kappa shape index (κ3) is 2.80. The molecule has 0 radical (unpaired) electrons. The molecule has 6 nitrogen and oxygen atoms in total. The molecule has 0 bridgehead atoms. The van der Waals surface area contributed by atoms with Crippen LogP contribution in [0.2, 0.25) is 0 Å². The van der Waals surface area contributed by atoms with Gasteiger partial charge < -0.3 is 24.8 Å². The third-order valence-electron chi connectivity index (χ3n) is 4.34. The van der Waals surface area contributed by atoms with Crippen molar-refractivity contribution in [3.8, 4) is 17.2 Å². The molecular formula is C15H21ClN2O4. The molecule has 2 N–H and O–H groups in total. The number of fused-ring (bicyclic) bond motifs is 1. The topological polar surface area (TPSA) is 68.8 Å². The first-order valence-corrected chi connectivity index (χ1v) is 7.01. The summed E-state index contributed by atoms with van der Waals surface area (Å²) in [6.07, 6.45) is 0. The SMILES string of the molecule is COc1cc(OC)c(C(=O)NC2C3CNCC32)cc1OC.Cl. The molecule has 1 aromatic carbocycles. The summed E-state index contributed by atoms with van der Waals surface area (Å²) < 4.78 is 15.8. The maximum Gasteiger partial charge on any atom is 0.255 e. The van der Waals surface area contributed by atoms with E-state index in [-0.39, 0.29) is 24.4 Å². The number of piperidine rings is 1. The van der Waals surface area contributed by atoms with E-state index >= 15 is 0 Å². The van der Waals surface area contributed by atoms with Gasteiger partial charge in [0.2, 0.25) is 0 Å². The zero-order chi connectivity index (χ0) is 15.0. The summed E-state index contributed by atoms with van der Waals surface area (Å²) in [4.78, 5) is 12.5. The molecule has 2 fully saturated rings. The van der Waals surface area contributed by atoms with Crippen molar-refractivity contribution in [1.29, 1.82) is 0 Å². The third-order valence-corrected chi connectivity index (χ3v) is 4.34. The van der Waals surface area contributed by atoms with Gasteiger partial charge in [0.1, 0.15) is 5.75 Å². The second kappa shape index (κ2) is 6.62. The number of nitrogens with one attached hydrogen (secondary N) is 2. The minimum atomic E-state index is -0.132. The van der Waals surface area contributed by atoms with Crippen LogP contribution in [0.4, 0.5) is 0 Å². The van der Waals surface area contributed by atoms with Crippen LogP contribution in [0.5, 0.6) is 17.2 Å². The smallest absolute Gasteiger partial charge is 0.255 e. The Kier molecular flexibility index (Phi) is 5.03. The second-order valence-electron chi connectivity index (χ2n) is 5.39. The zero-order valence-corrected chi connectivity index (χ0v) is 13.7. The normalized spacial score (nSPS) is 24.8. The van der Waals surface area contributed by atoms with Crippen molar-refractivity contribution in [3.63, 3.8) is 0 Å². The number of carbonyl (C=O) groups excluding carboxylic acids is 1. The van der Waals surface area contributed by atoms with Gasteiger partial charge in [-0.2, -0.15) is 0 Å². The van der Waals surface area contributed by atoms with Gasteiger partial charge in [0.15, 0.2) is 11.5 Å². The molecular weight excluding hydrogens is 308 g/mol. The van der Waals surface area contributed by atoms with E-state index in [0.717, 1.165) is 13.1 Å². The Morgan fingerprint density at radius 3 is 2.14 bits per heavy atom. The molecule has 1 saturated heterocycles. The Morgan fingerprint density at radius 1 is 1.05 bits per heavy atom. The molecule has 2 unspecified atom stereocenters. The highest BCUT2D eigenvalue weighted by Crippen LogP contribution is 2.42. The highest BCUT2D eigenvalue weighted by Gasteiger charge is 2.53. The summed E-state index contributed by atoms with van der Waals surface area (Å²) in [5.41, 5.74) is 0.466. The van der Waals surface area contributed by atoms with Gasteiger partial charge in [-0.15, -0.1) is 12.4 Å². The van der Waals surface area contributed by atoms with Crippen LogP contribution < -0.4 is 24.8 Å². The van der Waals surface area contributed by atoms with Gasteiger partial charge in [-0.3, -0.25) is 4.79 Å². The predicted molar refractivity (Wildman–Crippen MR) is 84.4 cm³/mol. The van der Waals surface area contributed by atoms with E-state index in [9.17, 15) is 4.79 Å². The van der Waals surface area contributed by atoms with Crippen molar-refractivity contribution in [2.24, 2.45) is 11.8 Å². The van der Waals surface area contributed by atoms with Crippen LogP contribution in [0.25, 0.3) is 0 Å². The van der Waals surface area contributed by atoms with Gasteiger partial charge in [-0.1, -0.05) is 0 Å². The van der Waals surface area contributed by atoms with Crippen molar-refractivity contribution < 1.29 is 19.0 Å². The molecule has 0 spiro atoms. The van der Waals surface area contributed by atoms with Gasteiger partial charge in [-0.05, 0) is 11.8 Å². The van der Waals surface area contributed by atoms with Crippen molar-refractivity contribution in [2.75, 3.05) is 34.4 Å². The predicted octanol–water partition coefficient (Wildman–Crippen LogP) is 1.08. The van der Waals surface area contributed by atoms with Crippen LogP contribution >= 0.6 is 12.4 Å². The van der Waals surface area contributed by atoms with Crippen LogP contribution in [0.15, 0.2) is 12.1 Å². The van der Waals surface area contributed by atoms with Crippen molar-refractivity contribution >= 4 is 18.3 Å². The van der Waals surface area contributed by atoms with Gasteiger partial charge in [0.05, 0.1) is 26.9 Å². The Bertz CT molecular complexity index is 557. The zero-order valence-electron chi connectivity index (χ0n) is 12.8. The van der Waals surface area contributed by atoms with Gasteiger partial charge in [0, 0.05) is 31.3 Å². The summed E-state index contributed by atoms with van der Waals surface area (Å²) >= 11 is 0. The summed E-state index contributed by atoms with van der Waals surface area (Å²) in [7, 11) is 4.63. The van der Waals surface area contributed by atoms with Crippen LogP contribution in [0.1, 0.15) is 10.4 Å². The largest absolute Gasteiger partial charge is 0.496 e. The number of methoxy groups -OCH3 is 3. The molecule has 1 aliphatic heterocycles. The van der Waals surface area contributed by atoms with Crippen molar-refractivity contribution in [1.82, 2.24) is 10.6 Å². The quantitative estimate of drug-likeness (QED) is 0.846. The first-order valence-electron chi connectivity index (χ1n) is 7.01. The number of ether oxygens (including phenoxy) is 3. The number of rotatable bonds is 5. The molecule has 1 amide bonds. The van der Waals surface area contributed by atoms with E-state index in [0.29, 0.717) is 34.6 Å². The maximum atomic E-state index is 12.5. The lowest BCUT2D eigenvalue weighted by Crippen LogP contribution is -2.32. The fourth-order valence-corrected chi connectivity index (χ4v) is 3.07. The van der Waals surface area contributed by atoms with Gasteiger partial charge in [0.25, 0.3) is 5.91 Å². The minimum absolute atomic E-state index is 0. The minimum Gasteiger partial charge on any atom is -0.496 e. The highest BCUT2D eigenvalue weighted by atomic mass is 35.5. The number of hydrogen-bond acceptors (Lipinski definition) is 5. The Morgan fingerprint density at radius 2 is 1.59 bits per heavy atom. The summed E-state index contributed by atoms with van der Waals surface area (Å²) in [5.74, 6) is 2.54. The summed E-state index contributed by atoms with van der Waals surface area (Å²) in [5, 5.41) is 6.39. The Balaban J connectivity index is 0.00000176. The average molecular weight is 329 g/mol. The van der Waals surface area contributed by atoms with E-state index in [4.69, 9.17) is 14.2 Å². The Labute approximate surface area is 135 Å². The first kappa shape index (κ1) is 16.7. The number of hydrogen-bond donors (Lipinski definition) is 2. The Hall–Kier alpha value is -1.66. The molecule has 1 aliphatic carbocycles. The molecule has 3 rings (SSSR count). The lowest BCUT2D eigenvalue weighted by Gasteiger charge is -2.14. The molecule has 7 heteroatoms. The van der Waals surface area contributed by atoms with E-state index in [1.54, 1.807) is 26.4 Å². The van der Waals surface area contributed by atoms with Crippen molar-refractivity contribution in [3.05, 3.63) is 17.7 Å². The number of amides is 1. The molecule has 2 aliphatic rings. The standard InChI is InChI=1S/C15H20N2O4.ClH/c1-19-11-5-13(21-3)12(20-2)4-8(11)15(18)17-14-9-6-16-7-10(9)14;/h4-5,9-10,14,16H,6-7H2,1-3H3,(H,17,18);1H. The van der Waals surface area contributed by atoms with Gasteiger partial charge >= 0.3 is 0 Å². The molecule has 22 heavy (non-hydrogen) atoms. The molecule has 2 atom stereocenters. The first-order chi connectivity index (χ1) is 10.2. The fourth-order valence-electron chi connectivity index (χ4n) is 3.07. The van der Waals surface area contributed by atoms with E-state index in [2.05, 4.69) is 10.6 Å². The highest BCUT2D eigenvalue weighted by molar-refractivity contribution is 5.98. The monoisotopic (exact) mass is 328 g/mol. The number of carbonyl (C=O) groups is 1. The molecule has 1 heterocycles. The van der Waals surface area contributed by atoms with E-state index in [1.807, 2.05) is 0 Å². The molecule has 1 saturated carbocycles. The van der Waals surface area contributed by atoms with E-state index < -0.39 is 0 Å². The lowest BCUT2D eigenvalue weighted by molar-refractivity contribution is 0.0943. The van der Waals surface area contributed by atoms with Crippen molar-refractivity contribution in [2.45, 2.75) is 6.04 Å².